The van der Waals surface area contributed by atoms with Gasteiger partial charge in [0.1, 0.15) is 23.7 Å². The van der Waals surface area contributed by atoms with Crippen LogP contribution >= 0.6 is 15.9 Å². The second kappa shape index (κ2) is 10.1. The van der Waals surface area contributed by atoms with Crippen LogP contribution in [0.1, 0.15) is 37.5 Å². The van der Waals surface area contributed by atoms with E-state index in [-0.39, 0.29) is 23.4 Å². The molecule has 8 heteroatoms. The lowest BCUT2D eigenvalue weighted by atomic mass is 9.87. The molecule has 0 bridgehead atoms. The van der Waals surface area contributed by atoms with Crippen LogP contribution in [0.2, 0.25) is 0 Å². The molecule has 0 aromatic heterocycles. The van der Waals surface area contributed by atoms with Gasteiger partial charge in [0, 0.05) is 0 Å². The number of imide groups is 2. The number of nitrogens with one attached hydrogen (secondary N) is 1. The standard InChI is InChI=1S/C28H24BrFN2O4/c1-28(2,3)19-7-11-21(12-8-19)32-26(34)22(25(33)31-27(32)35)14-18-6-13-24(23(29)15-18)36-16-17-4-9-20(30)10-5-17/h4-15H,16H2,1-3H3,(H,31,33,35). The van der Waals surface area contributed by atoms with Gasteiger partial charge in [-0.25, -0.2) is 14.1 Å². The van der Waals surface area contributed by atoms with Crippen LogP contribution < -0.4 is 15.0 Å². The van der Waals surface area contributed by atoms with Gasteiger partial charge in [-0.2, -0.15) is 0 Å². The van der Waals surface area contributed by atoms with Crippen LogP contribution in [-0.4, -0.2) is 17.8 Å². The van der Waals surface area contributed by atoms with Crippen molar-refractivity contribution in [3.63, 3.8) is 0 Å². The molecule has 0 radical (unpaired) electrons. The zero-order chi connectivity index (χ0) is 26.0. The fourth-order valence-electron chi connectivity index (χ4n) is 3.63. The lowest BCUT2D eigenvalue weighted by Gasteiger charge is -2.27. The molecule has 0 saturated carbocycles. The van der Waals surface area contributed by atoms with Gasteiger partial charge in [0.05, 0.1) is 10.2 Å². The number of carbonyl (C=O) groups is 3. The molecule has 0 aliphatic carbocycles. The minimum atomic E-state index is -0.795. The number of amides is 4. The van der Waals surface area contributed by atoms with Crippen molar-refractivity contribution in [3.05, 3.63) is 99.3 Å². The molecular weight excluding hydrogens is 527 g/mol. The molecular formula is C28H24BrFN2O4. The van der Waals surface area contributed by atoms with Gasteiger partial charge in [-0.3, -0.25) is 14.9 Å². The first-order valence-corrected chi connectivity index (χ1v) is 12.0. The molecule has 0 unspecified atom stereocenters. The Morgan fingerprint density at radius 3 is 2.25 bits per heavy atom. The predicted octanol–water partition coefficient (Wildman–Crippen LogP) is 6.13. The number of barbiturate groups is 1. The highest BCUT2D eigenvalue weighted by molar-refractivity contribution is 9.10. The molecule has 1 N–H and O–H groups in total. The molecule has 1 aliphatic heterocycles. The van der Waals surface area contributed by atoms with Crippen LogP contribution in [-0.2, 0) is 21.6 Å². The summed E-state index contributed by atoms with van der Waals surface area (Å²) in [6.07, 6.45) is 1.43. The van der Waals surface area contributed by atoms with Crippen molar-refractivity contribution >= 4 is 45.5 Å². The number of nitrogens with zero attached hydrogens (tertiary/aromatic N) is 1. The summed E-state index contributed by atoms with van der Waals surface area (Å²) in [5.41, 5.74) is 2.53. The molecule has 184 valence electrons. The van der Waals surface area contributed by atoms with E-state index in [1.54, 1.807) is 42.5 Å². The SMILES string of the molecule is CC(C)(C)c1ccc(N2C(=O)NC(=O)C(=Cc3ccc(OCc4ccc(F)cc4)c(Br)c3)C2=O)cc1. The van der Waals surface area contributed by atoms with Crippen LogP contribution in [0, 0.1) is 5.82 Å². The normalized spacial score (nSPS) is 15.3. The number of carbonyl (C=O) groups excluding carboxylic acids is 3. The van der Waals surface area contributed by atoms with Crippen molar-refractivity contribution in [3.8, 4) is 5.75 Å². The zero-order valence-electron chi connectivity index (χ0n) is 20.0. The molecule has 36 heavy (non-hydrogen) atoms. The average molecular weight is 551 g/mol. The first-order valence-electron chi connectivity index (χ1n) is 11.2. The van der Waals surface area contributed by atoms with Crippen molar-refractivity contribution < 1.29 is 23.5 Å². The van der Waals surface area contributed by atoms with E-state index in [1.165, 1.54) is 18.2 Å². The van der Waals surface area contributed by atoms with E-state index in [0.717, 1.165) is 16.0 Å². The van der Waals surface area contributed by atoms with Crippen LogP contribution in [0.4, 0.5) is 14.9 Å². The Labute approximate surface area is 216 Å². The van der Waals surface area contributed by atoms with E-state index in [9.17, 15) is 18.8 Å². The second-order valence-electron chi connectivity index (χ2n) is 9.36. The predicted molar refractivity (Wildman–Crippen MR) is 139 cm³/mol. The highest BCUT2D eigenvalue weighted by Gasteiger charge is 2.37. The van der Waals surface area contributed by atoms with Gasteiger partial charge in [0.25, 0.3) is 11.8 Å². The van der Waals surface area contributed by atoms with Gasteiger partial charge >= 0.3 is 6.03 Å². The molecule has 3 aromatic rings. The van der Waals surface area contributed by atoms with Crippen LogP contribution in [0.25, 0.3) is 6.08 Å². The van der Waals surface area contributed by atoms with E-state index in [0.29, 0.717) is 21.5 Å². The summed E-state index contributed by atoms with van der Waals surface area (Å²) in [4.78, 5) is 39.1. The molecule has 1 heterocycles. The molecule has 0 atom stereocenters. The van der Waals surface area contributed by atoms with Gasteiger partial charge < -0.3 is 4.74 Å². The Kier molecular flexibility index (Phi) is 7.08. The summed E-state index contributed by atoms with van der Waals surface area (Å²) in [6.45, 7) is 6.44. The van der Waals surface area contributed by atoms with Crippen molar-refractivity contribution in [2.45, 2.75) is 32.8 Å². The molecule has 0 spiro atoms. The smallest absolute Gasteiger partial charge is 0.335 e. The van der Waals surface area contributed by atoms with Crippen molar-refractivity contribution in [1.29, 1.82) is 0 Å². The summed E-state index contributed by atoms with van der Waals surface area (Å²) in [6, 6.07) is 17.4. The minimum Gasteiger partial charge on any atom is -0.488 e. The Bertz CT molecular complexity index is 1360. The van der Waals surface area contributed by atoms with Gasteiger partial charge in [0.15, 0.2) is 0 Å². The molecule has 1 saturated heterocycles. The number of anilines is 1. The van der Waals surface area contributed by atoms with Gasteiger partial charge in [-0.15, -0.1) is 0 Å². The maximum absolute atomic E-state index is 13.2. The maximum atomic E-state index is 13.2. The summed E-state index contributed by atoms with van der Waals surface area (Å²) in [5.74, 6) is -1.25. The third kappa shape index (κ3) is 5.54. The summed E-state index contributed by atoms with van der Waals surface area (Å²) < 4.78 is 19.5. The number of hydrogen-bond acceptors (Lipinski definition) is 4. The number of ether oxygens (including phenoxy) is 1. The minimum absolute atomic E-state index is 0.0873. The van der Waals surface area contributed by atoms with Gasteiger partial charge in [-0.1, -0.05) is 51.1 Å². The fourth-order valence-corrected chi connectivity index (χ4v) is 4.15. The number of benzene rings is 3. The second-order valence-corrected chi connectivity index (χ2v) is 10.2. The zero-order valence-corrected chi connectivity index (χ0v) is 21.6. The fraction of sp³-hybridized carbons (Fsp3) is 0.179. The monoisotopic (exact) mass is 550 g/mol. The quantitative estimate of drug-likeness (QED) is 0.306. The van der Waals surface area contributed by atoms with E-state index >= 15 is 0 Å². The van der Waals surface area contributed by atoms with Crippen LogP contribution in [0.3, 0.4) is 0 Å². The Morgan fingerprint density at radius 1 is 0.972 bits per heavy atom. The van der Waals surface area contributed by atoms with Gasteiger partial charge in [-0.05, 0) is 80.5 Å². The largest absolute Gasteiger partial charge is 0.488 e. The Morgan fingerprint density at radius 2 is 1.64 bits per heavy atom. The molecule has 1 fully saturated rings. The van der Waals surface area contributed by atoms with E-state index in [4.69, 9.17) is 4.74 Å². The summed E-state index contributed by atoms with van der Waals surface area (Å²) in [5, 5.41) is 2.24. The summed E-state index contributed by atoms with van der Waals surface area (Å²) >= 11 is 3.44. The Hall–Kier alpha value is -3.78. The van der Waals surface area contributed by atoms with E-state index in [1.807, 2.05) is 12.1 Å². The number of hydrogen-bond donors (Lipinski definition) is 1. The lowest BCUT2D eigenvalue weighted by molar-refractivity contribution is -0.122. The number of urea groups is 1. The molecule has 1 aliphatic rings. The van der Waals surface area contributed by atoms with Crippen molar-refractivity contribution in [1.82, 2.24) is 5.32 Å². The topological polar surface area (TPSA) is 75.7 Å². The van der Waals surface area contributed by atoms with Crippen LogP contribution in [0.5, 0.6) is 5.75 Å². The van der Waals surface area contributed by atoms with E-state index < -0.39 is 17.8 Å². The highest BCUT2D eigenvalue weighted by atomic mass is 79.9. The summed E-state index contributed by atoms with van der Waals surface area (Å²) in [7, 11) is 0. The van der Waals surface area contributed by atoms with Gasteiger partial charge in [0.2, 0.25) is 0 Å². The average Bonchev–Trinajstić information content (AvgIpc) is 2.82. The molecule has 4 amide bonds. The highest BCUT2D eigenvalue weighted by Crippen LogP contribution is 2.30. The first kappa shape index (κ1) is 25.3. The number of rotatable bonds is 5. The lowest BCUT2D eigenvalue weighted by Crippen LogP contribution is -2.54. The third-order valence-electron chi connectivity index (χ3n) is 5.67. The molecule has 6 nitrogen and oxygen atoms in total. The number of halogens is 2. The van der Waals surface area contributed by atoms with Crippen LogP contribution in [0.15, 0.2) is 76.8 Å². The molecule has 3 aromatic carbocycles. The van der Waals surface area contributed by atoms with Crippen molar-refractivity contribution in [2.75, 3.05) is 4.90 Å². The maximum Gasteiger partial charge on any atom is 0.335 e. The Balaban J connectivity index is 1.55. The first-order chi connectivity index (χ1) is 17.0. The van der Waals surface area contributed by atoms with E-state index in [2.05, 4.69) is 42.0 Å². The van der Waals surface area contributed by atoms with Crippen molar-refractivity contribution in [2.24, 2.45) is 0 Å². The molecule has 4 rings (SSSR count). The third-order valence-corrected chi connectivity index (χ3v) is 6.29.